The molecular formula is C14H20BO12-. The van der Waals surface area contributed by atoms with Crippen LogP contribution in [0.15, 0.2) is 0 Å². The highest BCUT2D eigenvalue weighted by Crippen LogP contribution is 2.48. The summed E-state index contributed by atoms with van der Waals surface area (Å²) in [5, 5.41) is 58.8. The predicted molar refractivity (Wildman–Crippen MR) is 80.1 cm³/mol. The number of aliphatic hydroxyl groups excluding tert-OH is 6. The number of hydrogen-bond donors (Lipinski definition) is 6. The minimum Gasteiger partial charge on any atom is -0.606 e. The summed E-state index contributed by atoms with van der Waals surface area (Å²) in [6.07, 6.45) is -10.6. The van der Waals surface area contributed by atoms with Gasteiger partial charge in [0, 0.05) is 25.7 Å². The third kappa shape index (κ3) is 2.69. The molecule has 152 valence electrons. The summed E-state index contributed by atoms with van der Waals surface area (Å²) in [5.74, 6) is -2.09. The van der Waals surface area contributed by atoms with Crippen LogP contribution in [0.4, 0.5) is 0 Å². The second kappa shape index (κ2) is 5.84. The van der Waals surface area contributed by atoms with Gasteiger partial charge < -0.3 is 49.3 Å². The van der Waals surface area contributed by atoms with E-state index in [9.17, 15) is 40.2 Å². The van der Waals surface area contributed by atoms with Crippen LogP contribution in [0, 0.1) is 0 Å². The summed E-state index contributed by atoms with van der Waals surface area (Å²) in [4.78, 5) is 24.8. The molecule has 6 N–H and O–H groups in total. The summed E-state index contributed by atoms with van der Waals surface area (Å²) >= 11 is 0. The molecule has 13 heteroatoms. The van der Waals surface area contributed by atoms with Gasteiger partial charge in [-0.05, 0) is 0 Å². The lowest BCUT2D eigenvalue weighted by Gasteiger charge is -2.42. The van der Waals surface area contributed by atoms with Crippen molar-refractivity contribution < 1.29 is 58.8 Å². The maximum atomic E-state index is 12.4. The minimum atomic E-state index is -3.41. The number of rotatable bonds is 0. The minimum absolute atomic E-state index is 0.425. The van der Waals surface area contributed by atoms with Gasteiger partial charge in [-0.2, -0.15) is 0 Å². The van der Waals surface area contributed by atoms with Gasteiger partial charge in [0.15, 0.2) is 0 Å². The number of carbonyl (C=O) groups is 2. The van der Waals surface area contributed by atoms with Crippen molar-refractivity contribution in [2.24, 2.45) is 0 Å². The molecule has 4 aliphatic rings. The Morgan fingerprint density at radius 2 is 0.963 bits per heavy atom. The Kier molecular flexibility index (Phi) is 4.12. The van der Waals surface area contributed by atoms with Crippen LogP contribution in [0.25, 0.3) is 0 Å². The molecule has 4 rings (SSSR count). The van der Waals surface area contributed by atoms with Crippen LogP contribution in [0.5, 0.6) is 0 Å². The number of aliphatic hydroxyl groups is 6. The molecule has 0 aromatic carbocycles. The van der Waals surface area contributed by atoms with Gasteiger partial charge in [0.05, 0.1) is 24.4 Å². The van der Waals surface area contributed by atoms with Crippen molar-refractivity contribution in [3.63, 3.8) is 0 Å². The normalized spacial score (nSPS) is 55.3. The SMILES string of the molecule is O=C1O[B-]2(OC(=O)C3(C[C@@H](O)C(O)[C@H](O)C3)O2)OC12C[C@@H](O)C(O)[C@H](O)C2. The molecular weight excluding hydrogens is 371 g/mol. The number of carbonyl (C=O) groups excluding carboxylic acids is 2. The highest BCUT2D eigenvalue weighted by molar-refractivity contribution is 6.61. The Morgan fingerprint density at radius 1 is 0.667 bits per heavy atom. The van der Waals surface area contributed by atoms with E-state index in [0.717, 1.165) is 0 Å². The van der Waals surface area contributed by atoms with Gasteiger partial charge >= 0.3 is 6.96 Å². The van der Waals surface area contributed by atoms with Gasteiger partial charge in [-0.25, -0.2) is 0 Å². The molecule has 0 amide bonds. The largest absolute Gasteiger partial charge is 0.657 e. The van der Waals surface area contributed by atoms with Crippen LogP contribution in [-0.2, 0) is 28.2 Å². The molecule has 0 aromatic rings. The summed E-state index contributed by atoms with van der Waals surface area (Å²) in [6.45, 7) is -3.41. The van der Waals surface area contributed by atoms with Crippen LogP contribution < -0.4 is 0 Å². The molecule has 4 fully saturated rings. The topological polar surface area (TPSA) is 192 Å². The van der Waals surface area contributed by atoms with E-state index < -0.39 is 92.4 Å². The van der Waals surface area contributed by atoms with Crippen LogP contribution in [0.2, 0.25) is 0 Å². The van der Waals surface area contributed by atoms with Crippen LogP contribution in [0.1, 0.15) is 25.7 Å². The van der Waals surface area contributed by atoms with Gasteiger partial charge in [0.1, 0.15) is 23.4 Å². The number of hydrogen-bond acceptors (Lipinski definition) is 12. The summed E-state index contributed by atoms with van der Waals surface area (Å²) in [6, 6.07) is 0. The van der Waals surface area contributed by atoms with Crippen molar-refractivity contribution in [2.45, 2.75) is 73.5 Å². The van der Waals surface area contributed by atoms with Crippen LogP contribution >= 0.6 is 0 Å². The Balaban J connectivity index is 1.59. The summed E-state index contributed by atoms with van der Waals surface area (Å²) in [7, 11) is 0. The Hall–Kier alpha value is -1.32. The standard InChI is InChI=1S/C14H20BO12/c16-5-1-13(2-6(17)9(5)20)11(22)24-15(26-13)25-12(23)14(27-15)3-7(18)10(21)8(19)4-14/h5-10,16-21H,1-4H2/q-1/t5-,6-,7-,8-,9?,10?,13?,14?,15?/m1/s1. The third-order valence-corrected chi connectivity index (χ3v) is 5.72. The molecule has 2 heterocycles. The molecule has 0 aromatic heterocycles. The fourth-order valence-electron chi connectivity index (χ4n) is 4.31. The Morgan fingerprint density at radius 3 is 1.26 bits per heavy atom. The lowest BCUT2D eigenvalue weighted by Crippen LogP contribution is -2.57. The average Bonchev–Trinajstić information content (AvgIpc) is 2.95. The molecule has 0 radical (unpaired) electrons. The molecule has 2 saturated carbocycles. The van der Waals surface area contributed by atoms with E-state index in [1.807, 2.05) is 0 Å². The lowest BCUT2D eigenvalue weighted by atomic mass is 9.79. The van der Waals surface area contributed by atoms with Gasteiger partial charge in [-0.15, -0.1) is 0 Å². The van der Waals surface area contributed by atoms with Crippen molar-refractivity contribution in [2.75, 3.05) is 0 Å². The van der Waals surface area contributed by atoms with Crippen LogP contribution in [0.3, 0.4) is 0 Å². The van der Waals surface area contributed by atoms with Crippen molar-refractivity contribution in [3.05, 3.63) is 0 Å². The van der Waals surface area contributed by atoms with Crippen molar-refractivity contribution in [1.29, 1.82) is 0 Å². The second-order valence-corrected chi connectivity index (χ2v) is 7.68. The van der Waals surface area contributed by atoms with E-state index in [4.69, 9.17) is 18.6 Å². The molecule has 2 aliphatic carbocycles. The quantitative estimate of drug-likeness (QED) is 0.219. The molecule has 2 saturated heterocycles. The zero-order valence-corrected chi connectivity index (χ0v) is 14.0. The van der Waals surface area contributed by atoms with Crippen LogP contribution in [-0.4, -0.2) is 97.4 Å². The molecule has 27 heavy (non-hydrogen) atoms. The predicted octanol–water partition coefficient (Wildman–Crippen LogP) is -4.20. The first-order valence-electron chi connectivity index (χ1n) is 8.60. The first-order valence-corrected chi connectivity index (χ1v) is 8.60. The Labute approximate surface area is 152 Å². The van der Waals surface area contributed by atoms with Gasteiger partial charge in [0.2, 0.25) is 0 Å². The fraction of sp³-hybridized carbons (Fsp3) is 0.857. The van der Waals surface area contributed by atoms with Crippen molar-refractivity contribution >= 4 is 18.9 Å². The lowest BCUT2D eigenvalue weighted by molar-refractivity contribution is -0.170. The summed E-state index contributed by atoms with van der Waals surface area (Å²) < 4.78 is 21.1. The smallest absolute Gasteiger partial charge is 0.606 e. The molecule has 3 spiro atoms. The van der Waals surface area contributed by atoms with E-state index in [1.165, 1.54) is 0 Å². The zero-order valence-electron chi connectivity index (χ0n) is 14.0. The van der Waals surface area contributed by atoms with Gasteiger partial charge in [-0.1, -0.05) is 0 Å². The maximum Gasteiger partial charge on any atom is 0.657 e. The van der Waals surface area contributed by atoms with Crippen molar-refractivity contribution in [3.8, 4) is 0 Å². The summed E-state index contributed by atoms with van der Waals surface area (Å²) in [5.41, 5.74) is -3.79. The van der Waals surface area contributed by atoms with E-state index in [1.54, 1.807) is 0 Å². The highest BCUT2D eigenvalue weighted by atomic mass is 16.9. The van der Waals surface area contributed by atoms with E-state index in [2.05, 4.69) is 0 Å². The van der Waals surface area contributed by atoms with E-state index in [0.29, 0.717) is 0 Å². The van der Waals surface area contributed by atoms with Gasteiger partial charge in [-0.3, -0.25) is 9.59 Å². The first kappa shape index (κ1) is 19.0. The molecule has 4 atom stereocenters. The molecule has 0 bridgehead atoms. The fourth-order valence-corrected chi connectivity index (χ4v) is 4.31. The van der Waals surface area contributed by atoms with E-state index >= 15 is 0 Å². The molecule has 12 nitrogen and oxygen atoms in total. The van der Waals surface area contributed by atoms with E-state index in [-0.39, 0.29) is 0 Å². The first-order chi connectivity index (χ1) is 12.5. The highest BCUT2D eigenvalue weighted by Gasteiger charge is 2.69. The second-order valence-electron chi connectivity index (χ2n) is 7.68. The molecule has 2 aliphatic heterocycles. The third-order valence-electron chi connectivity index (χ3n) is 5.72. The zero-order chi connectivity index (χ0) is 19.8. The molecule has 0 unspecified atom stereocenters. The Bertz CT molecular complexity index is 588. The van der Waals surface area contributed by atoms with Crippen molar-refractivity contribution in [1.82, 2.24) is 0 Å². The monoisotopic (exact) mass is 391 g/mol. The van der Waals surface area contributed by atoms with Gasteiger partial charge in [0.25, 0.3) is 11.9 Å². The maximum absolute atomic E-state index is 12.4. The average molecular weight is 391 g/mol.